The van der Waals surface area contributed by atoms with E-state index in [1.165, 1.54) is 24.3 Å². The summed E-state index contributed by atoms with van der Waals surface area (Å²) in [5.74, 6) is -1.25. The van der Waals surface area contributed by atoms with Crippen LogP contribution in [0.25, 0.3) is 5.65 Å². The molecule has 0 saturated heterocycles. The van der Waals surface area contributed by atoms with E-state index in [1.54, 1.807) is 16.7 Å². The molecule has 2 heterocycles. The number of halogens is 2. The number of carbonyl (C=O) groups is 2. The van der Waals surface area contributed by atoms with Crippen LogP contribution in [-0.4, -0.2) is 38.8 Å². The van der Waals surface area contributed by atoms with E-state index in [-0.39, 0.29) is 17.1 Å². The van der Waals surface area contributed by atoms with Crippen molar-refractivity contribution in [1.29, 1.82) is 0 Å². The number of nitrogens with zero attached hydrogens (tertiary/aromatic N) is 3. The van der Waals surface area contributed by atoms with Crippen LogP contribution in [-0.2, 0) is 4.79 Å². The number of benzene rings is 1. The van der Waals surface area contributed by atoms with Crippen molar-refractivity contribution in [2.75, 3.05) is 5.75 Å². The maximum atomic E-state index is 12.1. The highest BCUT2D eigenvalue weighted by Gasteiger charge is 2.13. The number of fused-ring (bicyclic) bond motifs is 1. The predicted molar refractivity (Wildman–Crippen MR) is 89.3 cm³/mol. The summed E-state index contributed by atoms with van der Waals surface area (Å²) < 4.78 is 30.1. The number of hydrogen-bond acceptors (Lipinski definition) is 6. The molecule has 0 spiro atoms. The van der Waals surface area contributed by atoms with Gasteiger partial charge < -0.3 is 4.74 Å². The molecule has 0 bridgehead atoms. The minimum absolute atomic E-state index is 0.0337. The fourth-order valence-electron chi connectivity index (χ4n) is 2.07. The Labute approximate surface area is 150 Å². The van der Waals surface area contributed by atoms with Crippen LogP contribution in [0, 0.1) is 0 Å². The topological polar surface area (TPSA) is 85.6 Å². The second kappa shape index (κ2) is 7.91. The van der Waals surface area contributed by atoms with Crippen LogP contribution in [0.2, 0.25) is 0 Å². The maximum Gasteiger partial charge on any atom is 0.387 e. The zero-order valence-electron chi connectivity index (χ0n) is 13.1. The first-order valence-electron chi connectivity index (χ1n) is 7.34. The molecule has 1 aromatic carbocycles. The fraction of sp³-hybridized carbons (Fsp3) is 0.125. The third-order valence-electron chi connectivity index (χ3n) is 3.21. The fourth-order valence-corrected chi connectivity index (χ4v) is 2.80. The van der Waals surface area contributed by atoms with Crippen LogP contribution in [0.4, 0.5) is 8.78 Å². The van der Waals surface area contributed by atoms with Crippen molar-refractivity contribution in [2.45, 2.75) is 11.8 Å². The molecule has 134 valence electrons. The Morgan fingerprint density at radius 3 is 2.65 bits per heavy atom. The largest absolute Gasteiger partial charge is 0.435 e. The molecule has 0 aliphatic rings. The van der Waals surface area contributed by atoms with Crippen LogP contribution in [0.3, 0.4) is 0 Å². The first-order valence-corrected chi connectivity index (χ1v) is 8.33. The van der Waals surface area contributed by atoms with Gasteiger partial charge in [0.2, 0.25) is 5.91 Å². The lowest BCUT2D eigenvalue weighted by Crippen LogP contribution is -2.31. The normalized spacial score (nSPS) is 10.9. The number of rotatable bonds is 6. The number of hydrogen-bond donors (Lipinski definition) is 1. The number of imide groups is 1. The Bertz CT molecular complexity index is 931. The van der Waals surface area contributed by atoms with Gasteiger partial charge in [0.25, 0.3) is 5.91 Å². The summed E-state index contributed by atoms with van der Waals surface area (Å²) in [7, 11) is 0. The highest BCUT2D eigenvalue weighted by molar-refractivity contribution is 7.99. The predicted octanol–water partition coefficient (Wildman–Crippen LogP) is 2.38. The Morgan fingerprint density at radius 2 is 1.92 bits per heavy atom. The summed E-state index contributed by atoms with van der Waals surface area (Å²) in [4.78, 5) is 23.9. The van der Waals surface area contributed by atoms with E-state index < -0.39 is 18.4 Å². The van der Waals surface area contributed by atoms with Crippen LogP contribution in [0.15, 0.2) is 53.8 Å². The van der Waals surface area contributed by atoms with Crippen molar-refractivity contribution in [2.24, 2.45) is 0 Å². The molecule has 0 saturated carbocycles. The molecule has 3 rings (SSSR count). The van der Waals surface area contributed by atoms with Gasteiger partial charge in [0.1, 0.15) is 5.75 Å². The molecule has 10 heteroatoms. The van der Waals surface area contributed by atoms with Gasteiger partial charge in [0, 0.05) is 11.8 Å². The molecule has 0 aliphatic carbocycles. The van der Waals surface area contributed by atoms with Gasteiger partial charge in [-0.1, -0.05) is 17.8 Å². The summed E-state index contributed by atoms with van der Waals surface area (Å²) in [6.07, 6.45) is 1.77. The third kappa shape index (κ3) is 4.33. The second-order valence-corrected chi connectivity index (χ2v) is 5.92. The lowest BCUT2D eigenvalue weighted by atomic mass is 10.2. The van der Waals surface area contributed by atoms with Gasteiger partial charge in [-0.3, -0.25) is 19.3 Å². The van der Waals surface area contributed by atoms with E-state index in [0.29, 0.717) is 10.8 Å². The van der Waals surface area contributed by atoms with E-state index in [0.717, 1.165) is 11.8 Å². The molecular weight excluding hydrogens is 366 g/mol. The van der Waals surface area contributed by atoms with E-state index in [1.807, 2.05) is 12.1 Å². The minimum atomic E-state index is -2.94. The van der Waals surface area contributed by atoms with Crippen molar-refractivity contribution >= 4 is 29.2 Å². The summed E-state index contributed by atoms with van der Waals surface area (Å²) >= 11 is 1.13. The zero-order valence-corrected chi connectivity index (χ0v) is 14.0. The molecule has 7 nitrogen and oxygen atoms in total. The van der Waals surface area contributed by atoms with Gasteiger partial charge in [-0.25, -0.2) is 0 Å². The molecular formula is C16H12F2N4O3S. The molecule has 0 aliphatic heterocycles. The number of nitrogens with one attached hydrogen (secondary N) is 1. The van der Waals surface area contributed by atoms with Crippen molar-refractivity contribution < 1.29 is 23.1 Å². The molecule has 0 atom stereocenters. The lowest BCUT2D eigenvalue weighted by molar-refractivity contribution is -0.117. The Kier molecular flexibility index (Phi) is 5.42. The number of amides is 2. The SMILES string of the molecule is O=C(CSc1nnc2ccccn12)NC(=O)c1ccc(OC(F)F)cc1. The number of aromatic nitrogens is 3. The van der Waals surface area contributed by atoms with Gasteiger partial charge in [-0.05, 0) is 36.4 Å². The van der Waals surface area contributed by atoms with Gasteiger partial charge in [-0.2, -0.15) is 8.78 Å². The molecule has 3 aromatic rings. The van der Waals surface area contributed by atoms with Crippen molar-refractivity contribution in [1.82, 2.24) is 19.9 Å². The number of thioether (sulfide) groups is 1. The Hall–Kier alpha value is -3.01. The van der Waals surface area contributed by atoms with E-state index in [2.05, 4.69) is 20.3 Å². The quantitative estimate of drug-likeness (QED) is 0.663. The minimum Gasteiger partial charge on any atom is -0.435 e. The number of alkyl halides is 2. The molecule has 0 radical (unpaired) electrons. The van der Waals surface area contributed by atoms with E-state index >= 15 is 0 Å². The van der Waals surface area contributed by atoms with E-state index in [4.69, 9.17) is 0 Å². The summed E-state index contributed by atoms with van der Waals surface area (Å²) in [6.45, 7) is -2.94. The smallest absolute Gasteiger partial charge is 0.387 e. The zero-order chi connectivity index (χ0) is 18.5. The summed E-state index contributed by atoms with van der Waals surface area (Å²) in [6, 6.07) is 10.4. The Balaban J connectivity index is 1.55. The summed E-state index contributed by atoms with van der Waals surface area (Å²) in [5.41, 5.74) is 0.801. The number of pyridine rings is 1. The lowest BCUT2D eigenvalue weighted by Gasteiger charge is -2.06. The van der Waals surface area contributed by atoms with Gasteiger partial charge in [0.15, 0.2) is 10.8 Å². The molecule has 26 heavy (non-hydrogen) atoms. The van der Waals surface area contributed by atoms with Crippen LogP contribution in [0.1, 0.15) is 10.4 Å². The van der Waals surface area contributed by atoms with E-state index in [9.17, 15) is 18.4 Å². The van der Waals surface area contributed by atoms with Gasteiger partial charge in [-0.15, -0.1) is 10.2 Å². The third-order valence-corrected chi connectivity index (χ3v) is 4.15. The number of carbonyl (C=O) groups excluding carboxylic acids is 2. The van der Waals surface area contributed by atoms with Crippen LogP contribution < -0.4 is 10.1 Å². The monoisotopic (exact) mass is 378 g/mol. The standard InChI is InChI=1S/C16H12F2N4O3S/c17-15(18)25-11-6-4-10(5-7-11)14(24)19-13(23)9-26-16-21-20-12-3-1-2-8-22(12)16/h1-8,15H,9H2,(H,19,23,24). The molecule has 2 aromatic heterocycles. The van der Waals surface area contributed by atoms with Crippen molar-refractivity contribution in [3.05, 3.63) is 54.2 Å². The Morgan fingerprint density at radius 1 is 1.15 bits per heavy atom. The maximum absolute atomic E-state index is 12.1. The molecule has 2 amide bonds. The van der Waals surface area contributed by atoms with Crippen LogP contribution in [0.5, 0.6) is 5.75 Å². The molecule has 1 N–H and O–H groups in total. The highest BCUT2D eigenvalue weighted by atomic mass is 32.2. The average molecular weight is 378 g/mol. The summed E-state index contributed by atoms with van der Waals surface area (Å²) in [5, 5.41) is 10.7. The van der Waals surface area contributed by atoms with Crippen LogP contribution >= 0.6 is 11.8 Å². The first-order chi connectivity index (χ1) is 12.5. The van der Waals surface area contributed by atoms with Gasteiger partial charge in [0.05, 0.1) is 5.75 Å². The highest BCUT2D eigenvalue weighted by Crippen LogP contribution is 2.17. The first kappa shape index (κ1) is 17.8. The average Bonchev–Trinajstić information content (AvgIpc) is 3.03. The van der Waals surface area contributed by atoms with Crippen molar-refractivity contribution in [3.63, 3.8) is 0 Å². The molecule has 0 fully saturated rings. The second-order valence-electron chi connectivity index (χ2n) is 4.98. The number of ether oxygens (including phenoxy) is 1. The van der Waals surface area contributed by atoms with Gasteiger partial charge >= 0.3 is 6.61 Å². The van der Waals surface area contributed by atoms with Crippen molar-refractivity contribution in [3.8, 4) is 5.75 Å². The molecule has 0 unspecified atom stereocenters.